The molecular weight excluding hydrogens is 1830 g/mol. The van der Waals surface area contributed by atoms with Crippen molar-refractivity contribution in [3.05, 3.63) is 473 Å². The molecule has 0 N–H and O–H groups in total. The van der Waals surface area contributed by atoms with Gasteiger partial charge in [-0.1, -0.05) is 332 Å². The molecule has 0 fully saturated rings. The third kappa shape index (κ3) is 15.1. The van der Waals surface area contributed by atoms with Crippen molar-refractivity contribution in [2.75, 3.05) is 19.6 Å². The second-order valence-corrected chi connectivity index (χ2v) is 35.1. The van der Waals surface area contributed by atoms with Crippen LogP contribution < -0.4 is 61.1 Å². The molecule has 0 unspecified atom stereocenters. The Kier molecular flexibility index (Phi) is 17.0. The molecule has 10 heteroatoms. The Bertz CT molecular complexity index is 7190. The minimum absolute atomic E-state index is 0. The zero-order chi connectivity index (χ0) is 97.3. The van der Waals surface area contributed by atoms with E-state index in [1.54, 1.807) is 89.0 Å². The van der Waals surface area contributed by atoms with Crippen LogP contribution in [0.25, 0.3) is 67.0 Å². The van der Waals surface area contributed by atoms with E-state index in [0.717, 1.165) is 28.2 Å². The summed E-state index contributed by atoms with van der Waals surface area (Å²) >= 11 is 0. The molecule has 118 heavy (non-hydrogen) atoms. The maximum atomic E-state index is 8.91. The van der Waals surface area contributed by atoms with Crippen molar-refractivity contribution >= 4 is 91.8 Å². The molecule has 17 aromatic rings. The van der Waals surface area contributed by atoms with E-state index in [0.29, 0.717) is 17.1 Å². The summed E-state index contributed by atoms with van der Waals surface area (Å²) < 4.78 is 186. The largest absolute Gasteiger partial charge is 0.500 e. The van der Waals surface area contributed by atoms with Crippen LogP contribution in [-0.4, -0.2) is 26.1 Å². The maximum absolute atomic E-state index is 8.91. The van der Waals surface area contributed by atoms with Crippen molar-refractivity contribution in [3.63, 3.8) is 0 Å². The van der Waals surface area contributed by atoms with Gasteiger partial charge in [0.25, 0.3) is 0 Å². The number of nitrogens with zero attached hydrogens (tertiary/aromatic N) is 6. The number of fused-ring (bicyclic) bond motifs is 7. The van der Waals surface area contributed by atoms with E-state index in [9.17, 15) is 0 Å². The first-order valence-corrected chi connectivity index (χ1v) is 41.7. The quantitative estimate of drug-likeness (QED) is 0.0897. The average Bonchev–Trinajstić information content (AvgIpc) is 1.55. The number of hydrogen-bond acceptors (Lipinski definition) is 6. The zero-order valence-corrected chi connectivity index (χ0v) is 70.0. The molecule has 0 bridgehead atoms. The van der Waals surface area contributed by atoms with Gasteiger partial charge in [-0.25, -0.2) is 0 Å². The van der Waals surface area contributed by atoms with Gasteiger partial charge in [0.15, 0.2) is 0 Å². The van der Waals surface area contributed by atoms with Crippen LogP contribution in [0.1, 0.15) is 52.4 Å². The average molecular weight is 1930 g/mol. The molecule has 0 saturated carbocycles. The van der Waals surface area contributed by atoms with Crippen LogP contribution in [0, 0.1) is 65.2 Å². The van der Waals surface area contributed by atoms with Gasteiger partial charge < -0.3 is 29.6 Å². The summed E-state index contributed by atoms with van der Waals surface area (Å²) in [7, 11) is -4.64. The summed E-state index contributed by atoms with van der Waals surface area (Å²) in [6.07, 6.45) is 7.18. The Hall–Kier alpha value is -12.6. The predicted molar refractivity (Wildman–Crippen MR) is 489 cm³/mol. The van der Waals surface area contributed by atoms with Crippen LogP contribution >= 0.6 is 0 Å². The SMILES string of the molecule is [2H]c1c([2H])c(-c2cccc(-c3c([2H])c([2H])c(C([2H])([2H])[2H])c([2H])c3[2H])c2N2C=CN(c3[c-]cccc3)[CH-]2)c([2H])c([2H])c1C.[2H]c1c([2H])c(-c2cccc(-c3c([2H])c([2H])c(C([2H])([2H])[2H])c([2H])c3[2H])c2N2[CH-]N(c3[c-]cccc3)c3ccccc32)c([2H])c([2H])c1C.[Pt].[Pt].[c-]1cccc2c1-c1ncccc1[Si]2(c1ccccc1)c1ccccc1.[c-]1cccc2c1-c1ncccc1[Si]2(c1ccccc1)c1ccccc1. The van der Waals surface area contributed by atoms with Crippen molar-refractivity contribution in [1.29, 1.82) is 0 Å². The number of aromatic nitrogens is 2. The standard InChI is InChI=1S/C33H26N2.C29H24N2.2C23H16NSi.2Pt/c1-24-15-19-26(20-16-24)29-11-8-12-30(27-21-17-25(2)18-22-27)33(29)35-23-34(28-9-4-3-5-10-28)31-13-6-7-14-32(31)35;1-22-11-15-24(16-12-22)27-9-6-10-28(25-17-13-23(2)14-18-25)29(27)31-20-19-30(21-31)26-7-4-3-5-8-26;2*1-3-10-18(11-4-1)25(19-12-5-2-6-13-19)21-15-8-7-14-20(21)23-22(25)16-9-17-24-23;;/h3-9,11-23H,1-2H3;3-7,9-21H,1-2H3;2*1-13,15-17H;;/q2*-2;2*-1;;/i1D3,15D,16D,17D,18D,19D,20D,21D,22D;1D3,11D,12D,13D,14D,15D,16D,17D,18D;;;;. The third-order valence-corrected chi connectivity index (χ3v) is 30.5. The van der Waals surface area contributed by atoms with Gasteiger partial charge >= 0.3 is 0 Å². The van der Waals surface area contributed by atoms with Crippen LogP contribution in [0.15, 0.2) is 413 Å². The van der Waals surface area contributed by atoms with Gasteiger partial charge in [-0.15, -0.1) is 94.7 Å². The molecule has 0 atom stereocenters. The number of hydrogen-bond donors (Lipinski definition) is 0. The van der Waals surface area contributed by atoms with Crippen LogP contribution in [-0.2, 0) is 42.1 Å². The van der Waals surface area contributed by atoms with E-state index in [4.69, 9.17) is 40.1 Å². The van der Waals surface area contributed by atoms with Gasteiger partial charge in [-0.05, 0) is 97.9 Å². The maximum Gasteiger partial charge on any atom is 0.127 e. The minimum atomic E-state index is -2.89. The predicted octanol–water partition coefficient (Wildman–Crippen LogP) is 20.7. The molecule has 4 aliphatic rings. The van der Waals surface area contributed by atoms with Gasteiger partial charge in [0.05, 0.1) is 21.9 Å². The summed E-state index contributed by atoms with van der Waals surface area (Å²) in [6.45, 7) is 0.664. The number of para-hydroxylation sites is 6. The second-order valence-electron chi connectivity index (χ2n) is 27.7. The van der Waals surface area contributed by atoms with E-state index >= 15 is 0 Å². The fourth-order valence-corrected chi connectivity index (χ4v) is 26.0. The number of anilines is 6. The number of benzene rings is 15. The van der Waals surface area contributed by atoms with Crippen molar-refractivity contribution in [3.8, 4) is 67.0 Å². The molecule has 578 valence electrons. The molecule has 0 radical (unpaired) electrons. The Morgan fingerprint density at radius 2 is 0.653 bits per heavy atom. The fraction of sp³-hybridized carbons (Fsp3) is 0.0370. The molecule has 21 rings (SSSR count). The molecule has 0 amide bonds. The molecule has 0 spiro atoms. The van der Waals surface area contributed by atoms with E-state index in [1.807, 2.05) is 90.1 Å². The number of pyridine rings is 2. The first-order valence-electron chi connectivity index (χ1n) is 48.7. The van der Waals surface area contributed by atoms with E-state index in [1.165, 1.54) is 55.3 Å². The first kappa shape index (κ1) is 56.6. The zero-order valence-electron chi connectivity index (χ0n) is 85.5. The molecule has 15 aromatic carbocycles. The van der Waals surface area contributed by atoms with Crippen LogP contribution in [0.3, 0.4) is 0 Å². The Morgan fingerprint density at radius 3 is 1.05 bits per heavy atom. The summed E-state index contributed by atoms with van der Waals surface area (Å²) in [4.78, 5) is 16.5. The van der Waals surface area contributed by atoms with E-state index in [2.05, 4.69) is 194 Å². The molecule has 6 nitrogen and oxygen atoms in total. The molecule has 0 aliphatic carbocycles. The molecule has 0 saturated heterocycles. The molecule has 2 aromatic heterocycles. The van der Waals surface area contributed by atoms with Crippen molar-refractivity contribution in [2.45, 2.75) is 27.6 Å². The normalized spacial score (nSPS) is 15.9. The van der Waals surface area contributed by atoms with Gasteiger partial charge in [0, 0.05) is 108 Å². The summed E-state index contributed by atoms with van der Waals surface area (Å²) in [5, 5.41) is 11.1. The Balaban J connectivity index is 0.000000138. The van der Waals surface area contributed by atoms with Crippen LogP contribution in [0.5, 0.6) is 0 Å². The van der Waals surface area contributed by atoms with Crippen LogP contribution in [0.2, 0.25) is 0 Å². The minimum Gasteiger partial charge on any atom is -0.500 e. The van der Waals surface area contributed by atoms with Crippen molar-refractivity contribution < 1.29 is 72.3 Å². The van der Waals surface area contributed by atoms with Crippen molar-refractivity contribution in [2.24, 2.45) is 0 Å². The number of rotatable bonds is 12. The Morgan fingerprint density at radius 1 is 0.305 bits per heavy atom. The summed E-state index contributed by atoms with van der Waals surface area (Å²) in [5.41, 5.74) is 7.32. The van der Waals surface area contributed by atoms with Gasteiger partial charge in [0.2, 0.25) is 0 Å². The van der Waals surface area contributed by atoms with Crippen molar-refractivity contribution in [1.82, 2.24) is 9.97 Å². The smallest absolute Gasteiger partial charge is 0.127 e. The summed E-state index contributed by atoms with van der Waals surface area (Å²) in [5.74, 6) is 0. The molecule has 6 heterocycles. The topological polar surface area (TPSA) is 38.7 Å². The first-order chi connectivity index (χ1) is 66.3. The van der Waals surface area contributed by atoms with Crippen LogP contribution in [0.4, 0.5) is 34.1 Å². The molecular formula is C108H82N6Pt2Si2-6. The van der Waals surface area contributed by atoms with Gasteiger partial charge in [-0.3, -0.25) is 0 Å². The molecule has 4 aliphatic heterocycles. The Labute approximate surface area is 755 Å². The van der Waals surface area contributed by atoms with Gasteiger partial charge in [0.1, 0.15) is 16.1 Å². The second kappa shape index (κ2) is 35.4. The van der Waals surface area contributed by atoms with E-state index < -0.39 is 89.3 Å². The fourth-order valence-electron chi connectivity index (χ4n) is 15.9. The van der Waals surface area contributed by atoms with Gasteiger partial charge in [-0.2, -0.15) is 60.7 Å². The summed E-state index contributed by atoms with van der Waals surface area (Å²) in [6, 6.07) is 103. The monoisotopic (exact) mass is 1930 g/mol. The third-order valence-electron chi connectivity index (χ3n) is 20.8. The van der Waals surface area contributed by atoms with E-state index in [-0.39, 0.29) is 157 Å².